The maximum Gasteiger partial charge on any atom is 0.330 e. The fourth-order valence-corrected chi connectivity index (χ4v) is 1.90. The van der Waals surface area contributed by atoms with E-state index in [1.807, 2.05) is 0 Å². The summed E-state index contributed by atoms with van der Waals surface area (Å²) in [4.78, 5) is 26.5. The Labute approximate surface area is 104 Å². The molecule has 1 atom stereocenters. The highest BCUT2D eigenvalue weighted by Gasteiger charge is 2.22. The zero-order valence-corrected chi connectivity index (χ0v) is 10.7. The number of amides is 1. The van der Waals surface area contributed by atoms with Crippen molar-refractivity contribution >= 4 is 39.1 Å². The molecule has 8 heteroatoms. The molecule has 0 unspecified atom stereocenters. The Hall–Kier alpha value is -0.990. The van der Waals surface area contributed by atoms with Crippen LogP contribution in [0.15, 0.2) is 9.30 Å². The maximum atomic E-state index is 11.5. The van der Waals surface area contributed by atoms with Crippen LogP contribution in [0, 0.1) is 0 Å². The number of nitrogens with zero attached hydrogens (tertiary/aromatic N) is 1. The van der Waals surface area contributed by atoms with Crippen molar-refractivity contribution in [3.8, 4) is 0 Å². The Morgan fingerprint density at radius 3 is 2.88 bits per heavy atom. The van der Waals surface area contributed by atoms with Crippen molar-refractivity contribution in [1.82, 2.24) is 10.3 Å². The number of carbonyl (C=O) groups excluding carboxylic acids is 2. The number of aliphatic hydroxyl groups excluding tert-OH is 1. The molecule has 0 aliphatic rings. The number of aromatic nitrogens is 1. The lowest BCUT2D eigenvalue weighted by atomic mass is 10.3. The number of ether oxygens (including phenoxy) is 1. The average Bonchev–Trinajstić information content (AvgIpc) is 2.71. The molecule has 1 aromatic heterocycles. The minimum atomic E-state index is -1.07. The third kappa shape index (κ3) is 3.26. The van der Waals surface area contributed by atoms with Gasteiger partial charge in [0.25, 0.3) is 5.91 Å². The molecule has 6 nitrogen and oxygen atoms in total. The summed E-state index contributed by atoms with van der Waals surface area (Å²) in [7, 11) is 1.18. The van der Waals surface area contributed by atoms with Crippen molar-refractivity contribution in [2.45, 2.75) is 6.04 Å². The number of carbonyl (C=O) groups is 2. The smallest absolute Gasteiger partial charge is 0.330 e. The summed E-state index contributed by atoms with van der Waals surface area (Å²) in [6, 6.07) is -1.07. The van der Waals surface area contributed by atoms with Crippen LogP contribution in [0.1, 0.15) is 10.5 Å². The topological polar surface area (TPSA) is 88.5 Å². The SMILES string of the molecule is COC(=O)[C@H](CO)NC(=O)c1csc(Br)n1. The predicted octanol–water partition coefficient (Wildman–Crippen LogP) is 0.169. The van der Waals surface area contributed by atoms with Crippen LogP contribution < -0.4 is 5.32 Å². The second-order valence-electron chi connectivity index (χ2n) is 2.72. The number of rotatable bonds is 4. The second kappa shape index (κ2) is 5.92. The lowest BCUT2D eigenvalue weighted by Gasteiger charge is -2.12. The molecule has 1 aromatic rings. The van der Waals surface area contributed by atoms with E-state index in [1.54, 1.807) is 0 Å². The number of halogens is 1. The van der Waals surface area contributed by atoms with Crippen LogP contribution in [-0.2, 0) is 9.53 Å². The van der Waals surface area contributed by atoms with Crippen LogP contribution in [0.3, 0.4) is 0 Å². The van der Waals surface area contributed by atoms with E-state index in [9.17, 15) is 9.59 Å². The number of aliphatic hydroxyl groups is 1. The molecule has 0 saturated carbocycles. The first-order valence-corrected chi connectivity index (χ1v) is 5.86. The standard InChI is InChI=1S/C8H9BrN2O4S/c1-15-7(14)4(2-12)10-6(13)5-3-16-8(9)11-5/h3-4,12H,2H2,1H3,(H,10,13)/t4-/m0/s1. The normalized spacial score (nSPS) is 11.9. The number of nitrogens with one attached hydrogen (secondary N) is 1. The first-order valence-electron chi connectivity index (χ1n) is 4.19. The van der Waals surface area contributed by atoms with Gasteiger partial charge in [0.05, 0.1) is 13.7 Å². The van der Waals surface area contributed by atoms with Crippen LogP contribution in [0.2, 0.25) is 0 Å². The van der Waals surface area contributed by atoms with Crippen molar-refractivity contribution in [2.24, 2.45) is 0 Å². The first kappa shape index (κ1) is 13.1. The number of thiazole rings is 1. The van der Waals surface area contributed by atoms with E-state index in [4.69, 9.17) is 5.11 Å². The van der Waals surface area contributed by atoms with Gasteiger partial charge in [0.1, 0.15) is 5.69 Å². The van der Waals surface area contributed by atoms with Crippen LogP contribution in [0.4, 0.5) is 0 Å². The summed E-state index contributed by atoms with van der Waals surface area (Å²) in [5.41, 5.74) is 0.180. The second-order valence-corrected chi connectivity index (χ2v) is 4.85. The van der Waals surface area contributed by atoms with Crippen molar-refractivity contribution in [3.05, 3.63) is 15.0 Å². The molecular formula is C8H9BrN2O4S. The summed E-state index contributed by atoms with van der Waals surface area (Å²) in [6.45, 7) is -0.524. The molecule has 0 aliphatic carbocycles. The lowest BCUT2D eigenvalue weighted by molar-refractivity contribution is -0.143. The van der Waals surface area contributed by atoms with E-state index >= 15 is 0 Å². The molecule has 0 saturated heterocycles. The van der Waals surface area contributed by atoms with Crippen molar-refractivity contribution in [2.75, 3.05) is 13.7 Å². The molecule has 1 amide bonds. The quantitative estimate of drug-likeness (QED) is 0.774. The predicted molar refractivity (Wildman–Crippen MR) is 60.2 cm³/mol. The van der Waals surface area contributed by atoms with Crippen LogP contribution in [-0.4, -0.2) is 41.7 Å². The lowest BCUT2D eigenvalue weighted by Crippen LogP contribution is -2.44. The van der Waals surface area contributed by atoms with Crippen molar-refractivity contribution in [1.29, 1.82) is 0 Å². The van der Waals surface area contributed by atoms with E-state index in [2.05, 4.69) is 31.0 Å². The summed E-state index contributed by atoms with van der Waals surface area (Å²) >= 11 is 4.36. The van der Waals surface area contributed by atoms with Crippen molar-refractivity contribution < 1.29 is 19.4 Å². The number of hydrogen-bond acceptors (Lipinski definition) is 6. The Kier molecular flexibility index (Phi) is 4.84. The minimum Gasteiger partial charge on any atom is -0.467 e. The summed E-state index contributed by atoms with van der Waals surface area (Å²) in [6.07, 6.45) is 0. The first-order chi connectivity index (χ1) is 7.58. The highest BCUT2D eigenvalue weighted by Crippen LogP contribution is 2.15. The van der Waals surface area contributed by atoms with Crippen LogP contribution in [0.25, 0.3) is 0 Å². The number of hydrogen-bond donors (Lipinski definition) is 2. The molecule has 0 radical (unpaired) electrons. The molecular weight excluding hydrogens is 300 g/mol. The van der Waals surface area contributed by atoms with Gasteiger partial charge in [0, 0.05) is 5.38 Å². The molecule has 0 fully saturated rings. The largest absolute Gasteiger partial charge is 0.467 e. The van der Waals surface area contributed by atoms with Gasteiger partial charge in [-0.1, -0.05) is 0 Å². The van der Waals surface area contributed by atoms with E-state index in [-0.39, 0.29) is 5.69 Å². The molecule has 0 aromatic carbocycles. The Balaban J connectivity index is 2.66. The van der Waals surface area contributed by atoms with Gasteiger partial charge in [-0.2, -0.15) is 0 Å². The zero-order chi connectivity index (χ0) is 12.1. The van der Waals surface area contributed by atoms with Gasteiger partial charge < -0.3 is 15.2 Å². The average molecular weight is 309 g/mol. The fraction of sp³-hybridized carbons (Fsp3) is 0.375. The van der Waals surface area contributed by atoms with Gasteiger partial charge in [-0.25, -0.2) is 9.78 Å². The molecule has 0 spiro atoms. The zero-order valence-electron chi connectivity index (χ0n) is 8.27. The Morgan fingerprint density at radius 2 is 2.44 bits per heavy atom. The molecule has 1 rings (SSSR count). The third-order valence-electron chi connectivity index (χ3n) is 1.68. The molecule has 0 aliphatic heterocycles. The summed E-state index contributed by atoms with van der Waals surface area (Å²) in [5.74, 6) is -1.24. The van der Waals surface area contributed by atoms with Crippen LogP contribution in [0.5, 0.6) is 0 Å². The Bertz CT molecular complexity index is 395. The van der Waals surface area contributed by atoms with E-state index in [1.165, 1.54) is 23.8 Å². The third-order valence-corrected chi connectivity index (χ3v) is 3.05. The molecule has 2 N–H and O–H groups in total. The molecule has 16 heavy (non-hydrogen) atoms. The molecule has 0 bridgehead atoms. The van der Waals surface area contributed by atoms with Gasteiger partial charge in [0.15, 0.2) is 9.96 Å². The Morgan fingerprint density at radius 1 is 1.75 bits per heavy atom. The summed E-state index contributed by atoms with van der Waals surface area (Å²) in [5, 5.41) is 12.7. The number of methoxy groups -OCH3 is 1. The minimum absolute atomic E-state index is 0.180. The van der Waals surface area contributed by atoms with Gasteiger partial charge in [-0.05, 0) is 15.9 Å². The van der Waals surface area contributed by atoms with Crippen LogP contribution >= 0.6 is 27.3 Å². The molecule has 1 heterocycles. The van der Waals surface area contributed by atoms with Gasteiger partial charge in [-0.15, -0.1) is 11.3 Å². The highest BCUT2D eigenvalue weighted by atomic mass is 79.9. The van der Waals surface area contributed by atoms with E-state index in [0.29, 0.717) is 3.92 Å². The van der Waals surface area contributed by atoms with E-state index < -0.39 is 24.5 Å². The summed E-state index contributed by atoms with van der Waals surface area (Å²) < 4.78 is 4.97. The molecule has 88 valence electrons. The van der Waals surface area contributed by atoms with Gasteiger partial charge in [-0.3, -0.25) is 4.79 Å². The van der Waals surface area contributed by atoms with E-state index in [0.717, 1.165) is 0 Å². The number of esters is 1. The highest BCUT2D eigenvalue weighted by molar-refractivity contribution is 9.11. The van der Waals surface area contributed by atoms with Gasteiger partial charge in [0.2, 0.25) is 0 Å². The van der Waals surface area contributed by atoms with Gasteiger partial charge >= 0.3 is 5.97 Å². The van der Waals surface area contributed by atoms with Crippen molar-refractivity contribution in [3.63, 3.8) is 0 Å². The maximum absolute atomic E-state index is 11.5. The monoisotopic (exact) mass is 308 g/mol. The fourth-order valence-electron chi connectivity index (χ4n) is 0.910.